The second-order valence-corrected chi connectivity index (χ2v) is 9.41. The number of amides is 3. The summed E-state index contributed by atoms with van der Waals surface area (Å²) in [4.78, 5) is 41.5. The van der Waals surface area contributed by atoms with Crippen molar-refractivity contribution in [1.29, 1.82) is 0 Å². The number of methoxy groups -OCH3 is 2. The van der Waals surface area contributed by atoms with Crippen molar-refractivity contribution in [2.24, 2.45) is 11.8 Å². The highest BCUT2D eigenvalue weighted by Crippen LogP contribution is 2.28. The number of hydrogen-bond donors (Lipinski definition) is 2. The van der Waals surface area contributed by atoms with Gasteiger partial charge in [0.25, 0.3) is 0 Å². The van der Waals surface area contributed by atoms with E-state index in [4.69, 9.17) is 9.47 Å². The molecule has 2 N–H and O–H groups in total. The SMILES string of the molecule is CCC(C)C(C(CC(=O)N1CCCC1C(OC)C(C)C)OC)N(C)C(=O)CNC(=O)CNC. The van der Waals surface area contributed by atoms with E-state index in [1.807, 2.05) is 4.90 Å². The van der Waals surface area contributed by atoms with Crippen LogP contribution in [0, 0.1) is 11.8 Å². The van der Waals surface area contributed by atoms with Crippen molar-refractivity contribution < 1.29 is 23.9 Å². The Kier molecular flexibility index (Phi) is 12.9. The van der Waals surface area contributed by atoms with Gasteiger partial charge < -0.3 is 29.9 Å². The van der Waals surface area contributed by atoms with E-state index in [9.17, 15) is 14.4 Å². The number of rotatable bonds is 14. The van der Waals surface area contributed by atoms with Gasteiger partial charge in [-0.15, -0.1) is 0 Å². The first kappa shape index (κ1) is 29.3. The van der Waals surface area contributed by atoms with Crippen LogP contribution in [-0.2, 0) is 23.9 Å². The Morgan fingerprint density at radius 3 is 2.30 bits per heavy atom. The molecule has 33 heavy (non-hydrogen) atoms. The molecular weight excluding hydrogens is 424 g/mol. The van der Waals surface area contributed by atoms with Crippen molar-refractivity contribution in [2.45, 2.75) is 77.7 Å². The lowest BCUT2D eigenvalue weighted by molar-refractivity contribution is -0.144. The fraction of sp³-hybridized carbons (Fsp3) is 0.875. The van der Waals surface area contributed by atoms with E-state index in [0.29, 0.717) is 12.5 Å². The second-order valence-electron chi connectivity index (χ2n) is 9.41. The molecule has 1 heterocycles. The number of nitrogens with zero attached hydrogens (tertiary/aromatic N) is 2. The molecular formula is C24H46N4O5. The molecule has 1 rings (SSSR count). The molecule has 0 aromatic rings. The number of nitrogens with one attached hydrogen (secondary N) is 2. The highest BCUT2D eigenvalue weighted by Gasteiger charge is 2.39. The van der Waals surface area contributed by atoms with Crippen LogP contribution in [0.15, 0.2) is 0 Å². The number of likely N-dealkylation sites (N-methyl/N-ethyl adjacent to an activating group) is 2. The van der Waals surface area contributed by atoms with Crippen LogP contribution < -0.4 is 10.6 Å². The summed E-state index contributed by atoms with van der Waals surface area (Å²) in [5.41, 5.74) is 0. The monoisotopic (exact) mass is 470 g/mol. The van der Waals surface area contributed by atoms with Gasteiger partial charge in [0.05, 0.1) is 43.8 Å². The Bertz CT molecular complexity index is 630. The Labute approximate surface area is 199 Å². The van der Waals surface area contributed by atoms with Crippen LogP contribution in [0.3, 0.4) is 0 Å². The first-order chi connectivity index (χ1) is 15.6. The van der Waals surface area contributed by atoms with Gasteiger partial charge in [-0.3, -0.25) is 14.4 Å². The molecule has 0 spiro atoms. The molecule has 192 valence electrons. The third kappa shape index (κ3) is 8.22. The number of carbonyl (C=O) groups is 3. The summed E-state index contributed by atoms with van der Waals surface area (Å²) in [6.45, 7) is 9.12. The van der Waals surface area contributed by atoms with Crippen molar-refractivity contribution in [3.63, 3.8) is 0 Å². The van der Waals surface area contributed by atoms with Crippen LogP contribution in [0.25, 0.3) is 0 Å². The number of hydrogen-bond acceptors (Lipinski definition) is 6. The van der Waals surface area contributed by atoms with Gasteiger partial charge in [-0.1, -0.05) is 34.1 Å². The summed E-state index contributed by atoms with van der Waals surface area (Å²) in [5, 5.41) is 5.39. The normalized spacial score (nSPS) is 19.8. The Hall–Kier alpha value is -1.71. The van der Waals surface area contributed by atoms with Crippen molar-refractivity contribution in [1.82, 2.24) is 20.4 Å². The van der Waals surface area contributed by atoms with Gasteiger partial charge in [-0.25, -0.2) is 0 Å². The molecule has 0 aliphatic carbocycles. The number of ether oxygens (including phenoxy) is 2. The third-order valence-corrected chi connectivity index (χ3v) is 6.83. The molecule has 1 aliphatic heterocycles. The maximum atomic E-state index is 13.4. The van der Waals surface area contributed by atoms with Crippen molar-refractivity contribution >= 4 is 17.7 Å². The topological polar surface area (TPSA) is 100 Å². The van der Waals surface area contributed by atoms with Gasteiger partial charge in [-0.05, 0) is 31.7 Å². The second kappa shape index (κ2) is 14.5. The van der Waals surface area contributed by atoms with E-state index in [1.54, 1.807) is 33.2 Å². The number of likely N-dealkylation sites (tertiary alicyclic amines) is 1. The molecule has 0 aromatic heterocycles. The third-order valence-electron chi connectivity index (χ3n) is 6.83. The first-order valence-corrected chi connectivity index (χ1v) is 12.1. The fourth-order valence-corrected chi connectivity index (χ4v) is 4.88. The van der Waals surface area contributed by atoms with E-state index < -0.39 is 6.10 Å². The van der Waals surface area contributed by atoms with E-state index in [-0.39, 0.29) is 61.3 Å². The molecule has 9 heteroatoms. The minimum absolute atomic E-state index is 0.00622. The molecule has 9 nitrogen and oxygen atoms in total. The van der Waals surface area contributed by atoms with Gasteiger partial charge in [0.15, 0.2) is 0 Å². The maximum absolute atomic E-state index is 13.4. The molecule has 5 atom stereocenters. The summed E-state index contributed by atoms with van der Waals surface area (Å²) >= 11 is 0. The highest BCUT2D eigenvalue weighted by atomic mass is 16.5. The van der Waals surface area contributed by atoms with E-state index in [0.717, 1.165) is 19.3 Å². The van der Waals surface area contributed by atoms with Crippen LogP contribution in [0.1, 0.15) is 53.4 Å². The fourth-order valence-electron chi connectivity index (χ4n) is 4.88. The molecule has 0 saturated carbocycles. The predicted octanol–water partition coefficient (Wildman–Crippen LogP) is 1.26. The average molecular weight is 471 g/mol. The molecule has 1 aliphatic rings. The molecule has 1 fully saturated rings. The summed E-state index contributed by atoms with van der Waals surface area (Å²) < 4.78 is 11.5. The standard InChI is InChI=1S/C24H46N4O5/c1-9-17(4)23(27(6)22(31)15-26-20(29)14-25-5)19(32-7)13-21(30)28-12-10-11-18(28)24(33-8)16(2)3/h16-19,23-25H,9-15H2,1-8H3,(H,26,29). The molecule has 0 radical (unpaired) electrons. The summed E-state index contributed by atoms with van der Waals surface area (Å²) in [7, 11) is 6.69. The average Bonchev–Trinajstić information content (AvgIpc) is 3.26. The molecule has 1 saturated heterocycles. The van der Waals surface area contributed by atoms with Crippen LogP contribution in [0.4, 0.5) is 0 Å². The first-order valence-electron chi connectivity index (χ1n) is 12.1. The zero-order chi connectivity index (χ0) is 25.1. The lowest BCUT2D eigenvalue weighted by Crippen LogP contribution is -2.54. The van der Waals surface area contributed by atoms with E-state index in [1.165, 1.54) is 0 Å². The Balaban J connectivity index is 2.96. The lowest BCUT2D eigenvalue weighted by Gasteiger charge is -2.39. The largest absolute Gasteiger partial charge is 0.379 e. The zero-order valence-corrected chi connectivity index (χ0v) is 21.8. The summed E-state index contributed by atoms with van der Waals surface area (Å²) in [5.74, 6) is -0.000328. The van der Waals surface area contributed by atoms with Crippen LogP contribution in [0.2, 0.25) is 0 Å². The maximum Gasteiger partial charge on any atom is 0.242 e. The lowest BCUT2D eigenvalue weighted by atomic mass is 9.90. The predicted molar refractivity (Wildman–Crippen MR) is 129 cm³/mol. The van der Waals surface area contributed by atoms with Gasteiger partial charge in [0, 0.05) is 27.8 Å². The van der Waals surface area contributed by atoms with Gasteiger partial charge in [0.2, 0.25) is 17.7 Å². The van der Waals surface area contributed by atoms with Gasteiger partial charge in [-0.2, -0.15) is 0 Å². The Morgan fingerprint density at radius 1 is 1.12 bits per heavy atom. The van der Waals surface area contributed by atoms with Crippen molar-refractivity contribution in [3.8, 4) is 0 Å². The van der Waals surface area contributed by atoms with E-state index in [2.05, 4.69) is 38.3 Å². The van der Waals surface area contributed by atoms with Gasteiger partial charge >= 0.3 is 0 Å². The Morgan fingerprint density at radius 2 is 1.79 bits per heavy atom. The molecule has 0 aromatic carbocycles. The quantitative estimate of drug-likeness (QED) is 0.397. The number of carbonyl (C=O) groups excluding carboxylic acids is 3. The molecule has 0 bridgehead atoms. The minimum Gasteiger partial charge on any atom is -0.379 e. The highest BCUT2D eigenvalue weighted by molar-refractivity contribution is 5.85. The molecule has 3 amide bonds. The summed E-state index contributed by atoms with van der Waals surface area (Å²) in [6, 6.07) is -0.231. The van der Waals surface area contributed by atoms with Gasteiger partial charge in [0.1, 0.15) is 0 Å². The zero-order valence-electron chi connectivity index (χ0n) is 21.8. The van der Waals surface area contributed by atoms with Crippen LogP contribution >= 0.6 is 0 Å². The van der Waals surface area contributed by atoms with Crippen LogP contribution in [-0.4, -0.2) is 99.8 Å². The smallest absolute Gasteiger partial charge is 0.242 e. The molecule has 5 unspecified atom stereocenters. The van der Waals surface area contributed by atoms with Crippen LogP contribution in [0.5, 0.6) is 0 Å². The summed E-state index contributed by atoms with van der Waals surface area (Å²) in [6.07, 6.45) is 2.46. The van der Waals surface area contributed by atoms with Crippen molar-refractivity contribution in [2.75, 3.05) is 47.9 Å². The van der Waals surface area contributed by atoms with Crippen molar-refractivity contribution in [3.05, 3.63) is 0 Å². The van der Waals surface area contributed by atoms with E-state index >= 15 is 0 Å². The minimum atomic E-state index is -0.448.